The van der Waals surface area contributed by atoms with Gasteiger partial charge in [-0.05, 0) is 31.1 Å². The van der Waals surface area contributed by atoms with Crippen molar-refractivity contribution >= 4 is 5.97 Å². The number of nitrogens with zero attached hydrogens (tertiary/aromatic N) is 3. The minimum absolute atomic E-state index is 0.129. The number of hydrogen-bond donors (Lipinski definition) is 1. The molecule has 0 saturated heterocycles. The molecule has 1 aliphatic carbocycles. The molecule has 1 saturated carbocycles. The van der Waals surface area contributed by atoms with Crippen LogP contribution in [0.2, 0.25) is 0 Å². The van der Waals surface area contributed by atoms with Crippen LogP contribution in [0.15, 0.2) is 0 Å². The molecule has 0 unspecified atom stereocenters. The maximum atomic E-state index is 11.2. The molecule has 1 fully saturated rings. The van der Waals surface area contributed by atoms with Gasteiger partial charge in [0.2, 0.25) is 0 Å². The summed E-state index contributed by atoms with van der Waals surface area (Å²) in [5.41, 5.74) is 0.914. The van der Waals surface area contributed by atoms with Crippen molar-refractivity contribution in [2.45, 2.75) is 58.9 Å². The molecule has 0 atom stereocenters. The Labute approximate surface area is 114 Å². The van der Waals surface area contributed by atoms with Crippen LogP contribution in [0.5, 0.6) is 0 Å². The Morgan fingerprint density at radius 2 is 2.05 bits per heavy atom. The Hall–Kier alpha value is -1.39. The Balaban J connectivity index is 2.16. The first kappa shape index (κ1) is 14.0. The van der Waals surface area contributed by atoms with Gasteiger partial charge >= 0.3 is 5.97 Å². The molecule has 0 aliphatic heterocycles. The number of carboxylic acid groups (broad SMARTS) is 1. The van der Waals surface area contributed by atoms with Gasteiger partial charge in [0.25, 0.3) is 0 Å². The number of carbonyl (C=O) groups is 1. The molecule has 1 N–H and O–H groups in total. The quantitative estimate of drug-likeness (QED) is 0.888. The molecule has 106 valence electrons. The summed E-state index contributed by atoms with van der Waals surface area (Å²) in [4.78, 5) is 11.2. The zero-order valence-corrected chi connectivity index (χ0v) is 11.8. The Kier molecular flexibility index (Phi) is 4.56. The first-order chi connectivity index (χ1) is 9.08. The fraction of sp³-hybridized carbons (Fsp3) is 0.786. The van der Waals surface area contributed by atoms with E-state index in [4.69, 9.17) is 0 Å². The van der Waals surface area contributed by atoms with Crippen molar-refractivity contribution in [2.24, 2.45) is 11.8 Å². The van der Waals surface area contributed by atoms with Crippen molar-refractivity contribution in [2.75, 3.05) is 0 Å². The molecule has 5 nitrogen and oxygen atoms in total. The number of aromatic carboxylic acids is 1. The van der Waals surface area contributed by atoms with Gasteiger partial charge in [-0.3, -0.25) is 0 Å². The highest BCUT2D eigenvalue weighted by atomic mass is 16.4. The van der Waals surface area contributed by atoms with E-state index in [1.165, 1.54) is 32.1 Å². The van der Waals surface area contributed by atoms with Gasteiger partial charge in [0, 0.05) is 6.54 Å². The minimum atomic E-state index is -0.967. The molecule has 1 aromatic rings. The molecule has 1 heterocycles. The van der Waals surface area contributed by atoms with E-state index in [2.05, 4.69) is 24.2 Å². The maximum Gasteiger partial charge on any atom is 0.358 e. The molecular weight excluding hydrogens is 242 g/mol. The summed E-state index contributed by atoms with van der Waals surface area (Å²) in [6, 6.07) is 0. The van der Waals surface area contributed by atoms with Crippen LogP contribution in [0.3, 0.4) is 0 Å². The normalized spacial score (nSPS) is 17.0. The van der Waals surface area contributed by atoms with Crippen molar-refractivity contribution in [3.63, 3.8) is 0 Å². The van der Waals surface area contributed by atoms with Gasteiger partial charge < -0.3 is 5.11 Å². The second-order valence-corrected chi connectivity index (χ2v) is 5.97. The van der Waals surface area contributed by atoms with Gasteiger partial charge in [-0.15, -0.1) is 5.10 Å². The molecule has 1 aromatic heterocycles. The molecule has 0 radical (unpaired) electrons. The standard InChI is InChI=1S/C14H23N3O2/c1-10(2)8-12-13(14(18)19)15-16-17(12)9-11-6-4-3-5-7-11/h10-11H,3-9H2,1-2H3,(H,18,19). The van der Waals surface area contributed by atoms with Crippen LogP contribution in [-0.4, -0.2) is 26.1 Å². The largest absolute Gasteiger partial charge is 0.476 e. The summed E-state index contributed by atoms with van der Waals surface area (Å²) in [5.74, 6) is 0.0651. The van der Waals surface area contributed by atoms with Crippen molar-refractivity contribution in [3.8, 4) is 0 Å². The molecule has 5 heteroatoms. The lowest BCUT2D eigenvalue weighted by atomic mass is 9.89. The van der Waals surface area contributed by atoms with Crippen LogP contribution in [0.25, 0.3) is 0 Å². The number of rotatable bonds is 5. The van der Waals surface area contributed by atoms with E-state index in [9.17, 15) is 9.90 Å². The lowest BCUT2D eigenvalue weighted by molar-refractivity contribution is 0.0689. The van der Waals surface area contributed by atoms with Crippen LogP contribution in [0.4, 0.5) is 0 Å². The van der Waals surface area contributed by atoms with E-state index >= 15 is 0 Å². The highest BCUT2D eigenvalue weighted by Crippen LogP contribution is 2.25. The van der Waals surface area contributed by atoms with Gasteiger partial charge in [0.15, 0.2) is 5.69 Å². The Bertz CT molecular complexity index is 434. The third-order valence-electron chi connectivity index (χ3n) is 3.80. The lowest BCUT2D eigenvalue weighted by Gasteiger charge is -2.22. The van der Waals surface area contributed by atoms with E-state index in [1.807, 2.05) is 4.68 Å². The molecule has 0 spiro atoms. The highest BCUT2D eigenvalue weighted by Gasteiger charge is 2.22. The smallest absolute Gasteiger partial charge is 0.358 e. The van der Waals surface area contributed by atoms with E-state index in [0.717, 1.165) is 18.7 Å². The summed E-state index contributed by atoms with van der Waals surface area (Å²) < 4.78 is 1.83. The predicted octanol–water partition coefficient (Wildman–Crippen LogP) is 2.76. The zero-order chi connectivity index (χ0) is 13.8. The van der Waals surface area contributed by atoms with Gasteiger partial charge in [0.1, 0.15) is 0 Å². The predicted molar refractivity (Wildman–Crippen MR) is 72.1 cm³/mol. The summed E-state index contributed by atoms with van der Waals surface area (Å²) in [6.07, 6.45) is 7.07. The molecule has 2 rings (SSSR count). The van der Waals surface area contributed by atoms with Gasteiger partial charge in [0.05, 0.1) is 5.69 Å². The molecular formula is C14H23N3O2. The zero-order valence-electron chi connectivity index (χ0n) is 11.8. The second kappa shape index (κ2) is 6.17. The molecule has 0 aromatic carbocycles. The first-order valence-electron chi connectivity index (χ1n) is 7.23. The van der Waals surface area contributed by atoms with Gasteiger partial charge in [-0.1, -0.05) is 38.3 Å². The number of aromatic nitrogens is 3. The average Bonchev–Trinajstić information content (AvgIpc) is 2.73. The third kappa shape index (κ3) is 3.55. The van der Waals surface area contributed by atoms with Crippen molar-refractivity contribution in [3.05, 3.63) is 11.4 Å². The van der Waals surface area contributed by atoms with Gasteiger partial charge in [-0.2, -0.15) is 0 Å². The third-order valence-corrected chi connectivity index (χ3v) is 3.80. The summed E-state index contributed by atoms with van der Waals surface area (Å²) >= 11 is 0. The van der Waals surface area contributed by atoms with E-state index < -0.39 is 5.97 Å². The highest BCUT2D eigenvalue weighted by molar-refractivity contribution is 5.86. The topological polar surface area (TPSA) is 68.0 Å². The van der Waals surface area contributed by atoms with E-state index in [1.54, 1.807) is 0 Å². The van der Waals surface area contributed by atoms with Crippen LogP contribution in [-0.2, 0) is 13.0 Å². The minimum Gasteiger partial charge on any atom is -0.476 e. The van der Waals surface area contributed by atoms with Crippen LogP contribution < -0.4 is 0 Å². The molecule has 19 heavy (non-hydrogen) atoms. The Morgan fingerprint density at radius 3 is 2.63 bits per heavy atom. The summed E-state index contributed by atoms with van der Waals surface area (Å²) in [5, 5.41) is 17.1. The molecule has 0 bridgehead atoms. The summed E-state index contributed by atoms with van der Waals surface area (Å²) in [7, 11) is 0. The summed E-state index contributed by atoms with van der Waals surface area (Å²) in [6.45, 7) is 5.00. The SMILES string of the molecule is CC(C)Cc1c(C(=O)O)nnn1CC1CCCCC1. The van der Waals surface area contributed by atoms with E-state index in [-0.39, 0.29) is 5.69 Å². The average molecular weight is 265 g/mol. The molecule has 0 amide bonds. The number of hydrogen-bond acceptors (Lipinski definition) is 3. The van der Waals surface area contributed by atoms with Crippen molar-refractivity contribution in [1.29, 1.82) is 0 Å². The lowest BCUT2D eigenvalue weighted by Crippen LogP contribution is -2.18. The Morgan fingerprint density at radius 1 is 1.37 bits per heavy atom. The number of carboxylic acids is 1. The van der Waals surface area contributed by atoms with Crippen LogP contribution >= 0.6 is 0 Å². The molecule has 1 aliphatic rings. The van der Waals surface area contributed by atoms with Crippen molar-refractivity contribution in [1.82, 2.24) is 15.0 Å². The van der Waals surface area contributed by atoms with Crippen LogP contribution in [0.1, 0.15) is 62.1 Å². The fourth-order valence-electron chi connectivity index (χ4n) is 2.85. The fourth-order valence-corrected chi connectivity index (χ4v) is 2.85. The van der Waals surface area contributed by atoms with Crippen molar-refractivity contribution < 1.29 is 9.90 Å². The maximum absolute atomic E-state index is 11.2. The second-order valence-electron chi connectivity index (χ2n) is 5.97. The van der Waals surface area contributed by atoms with E-state index in [0.29, 0.717) is 11.8 Å². The van der Waals surface area contributed by atoms with Crippen LogP contribution in [0, 0.1) is 11.8 Å². The first-order valence-corrected chi connectivity index (χ1v) is 7.23. The van der Waals surface area contributed by atoms with Gasteiger partial charge in [-0.25, -0.2) is 9.48 Å². The monoisotopic (exact) mass is 265 g/mol.